The standard InChI is InChI=1S/C12H13N3O3S/c1-18-9-2-3-10(11(8-9)15(16)17)13-5-4-12-14-6-7-19-12/h2-3,6-8,13H,4-5H2,1H3. The fourth-order valence-corrected chi connectivity index (χ4v) is 2.24. The molecule has 0 saturated heterocycles. The third kappa shape index (κ3) is 3.41. The van der Waals surface area contributed by atoms with Crippen LogP contribution in [0.25, 0.3) is 0 Å². The summed E-state index contributed by atoms with van der Waals surface area (Å²) in [5, 5.41) is 16.9. The lowest BCUT2D eigenvalue weighted by molar-refractivity contribution is -0.384. The van der Waals surface area contributed by atoms with E-state index in [1.807, 2.05) is 5.38 Å². The van der Waals surface area contributed by atoms with Crippen molar-refractivity contribution in [1.82, 2.24) is 4.98 Å². The van der Waals surface area contributed by atoms with E-state index in [0.29, 0.717) is 18.0 Å². The number of nitro benzene ring substituents is 1. The maximum absolute atomic E-state index is 11.0. The summed E-state index contributed by atoms with van der Waals surface area (Å²) in [6.45, 7) is 0.598. The van der Waals surface area contributed by atoms with Gasteiger partial charge in [-0.15, -0.1) is 11.3 Å². The Morgan fingerprint density at radius 3 is 3.00 bits per heavy atom. The monoisotopic (exact) mass is 279 g/mol. The largest absolute Gasteiger partial charge is 0.496 e. The SMILES string of the molecule is COc1ccc(NCCc2nccs2)c([N+](=O)[O-])c1. The van der Waals surface area contributed by atoms with Gasteiger partial charge in [-0.3, -0.25) is 10.1 Å². The van der Waals surface area contributed by atoms with Gasteiger partial charge in [-0.2, -0.15) is 0 Å². The molecule has 6 nitrogen and oxygen atoms in total. The summed E-state index contributed by atoms with van der Waals surface area (Å²) in [7, 11) is 1.48. The van der Waals surface area contributed by atoms with Gasteiger partial charge in [-0.25, -0.2) is 4.98 Å². The number of hydrogen-bond acceptors (Lipinski definition) is 6. The van der Waals surface area contributed by atoms with Gasteiger partial charge >= 0.3 is 0 Å². The summed E-state index contributed by atoms with van der Waals surface area (Å²) in [5.74, 6) is 0.470. The molecule has 1 aromatic heterocycles. The van der Waals surface area contributed by atoms with Crippen LogP contribution in [-0.4, -0.2) is 23.6 Å². The molecule has 19 heavy (non-hydrogen) atoms. The summed E-state index contributed by atoms with van der Waals surface area (Å²) >= 11 is 1.57. The molecule has 0 radical (unpaired) electrons. The molecule has 1 aromatic carbocycles. The molecular formula is C12H13N3O3S. The number of thiazole rings is 1. The van der Waals surface area contributed by atoms with E-state index in [1.165, 1.54) is 13.2 Å². The number of nitrogens with zero attached hydrogens (tertiary/aromatic N) is 2. The van der Waals surface area contributed by atoms with Crippen LogP contribution in [0.2, 0.25) is 0 Å². The van der Waals surface area contributed by atoms with Gasteiger partial charge < -0.3 is 10.1 Å². The topological polar surface area (TPSA) is 77.3 Å². The van der Waals surface area contributed by atoms with Gasteiger partial charge in [-0.05, 0) is 12.1 Å². The molecular weight excluding hydrogens is 266 g/mol. The summed E-state index contributed by atoms with van der Waals surface area (Å²) in [6.07, 6.45) is 2.48. The van der Waals surface area contributed by atoms with Crippen molar-refractivity contribution < 1.29 is 9.66 Å². The Bertz CT molecular complexity index is 557. The minimum Gasteiger partial charge on any atom is -0.496 e. The molecule has 0 unspecified atom stereocenters. The third-order valence-corrected chi connectivity index (χ3v) is 3.38. The Morgan fingerprint density at radius 1 is 1.53 bits per heavy atom. The van der Waals surface area contributed by atoms with Gasteiger partial charge in [0.15, 0.2) is 0 Å². The van der Waals surface area contributed by atoms with E-state index >= 15 is 0 Å². The summed E-state index contributed by atoms with van der Waals surface area (Å²) in [6, 6.07) is 4.75. The van der Waals surface area contributed by atoms with Crippen LogP contribution in [0.15, 0.2) is 29.8 Å². The molecule has 0 fully saturated rings. The molecule has 0 bridgehead atoms. The average molecular weight is 279 g/mol. The highest BCUT2D eigenvalue weighted by Crippen LogP contribution is 2.28. The number of methoxy groups -OCH3 is 1. The van der Waals surface area contributed by atoms with Gasteiger partial charge in [0, 0.05) is 24.5 Å². The number of ether oxygens (including phenoxy) is 1. The number of rotatable bonds is 6. The third-order valence-electron chi connectivity index (χ3n) is 2.54. The number of benzene rings is 1. The molecule has 2 aromatic rings. The van der Waals surface area contributed by atoms with E-state index in [1.54, 1.807) is 29.7 Å². The molecule has 0 atom stereocenters. The molecule has 0 aliphatic rings. The van der Waals surface area contributed by atoms with Gasteiger partial charge in [0.05, 0.1) is 23.1 Å². The van der Waals surface area contributed by atoms with Crippen LogP contribution in [0, 0.1) is 10.1 Å². The Hall–Kier alpha value is -2.15. The van der Waals surface area contributed by atoms with Crippen molar-refractivity contribution in [2.45, 2.75) is 6.42 Å². The first-order chi connectivity index (χ1) is 9.20. The van der Waals surface area contributed by atoms with Crippen molar-refractivity contribution in [2.24, 2.45) is 0 Å². The van der Waals surface area contributed by atoms with Crippen molar-refractivity contribution in [2.75, 3.05) is 19.0 Å². The molecule has 0 aliphatic carbocycles. The van der Waals surface area contributed by atoms with Gasteiger partial charge in [0.2, 0.25) is 0 Å². The van der Waals surface area contributed by atoms with E-state index in [9.17, 15) is 10.1 Å². The normalized spacial score (nSPS) is 10.2. The molecule has 1 heterocycles. The summed E-state index contributed by atoms with van der Waals surface area (Å²) < 4.78 is 4.98. The number of hydrogen-bond donors (Lipinski definition) is 1. The Balaban J connectivity index is 2.04. The number of anilines is 1. The van der Waals surface area contributed by atoms with E-state index < -0.39 is 4.92 Å². The molecule has 100 valence electrons. The highest BCUT2D eigenvalue weighted by molar-refractivity contribution is 7.09. The van der Waals surface area contributed by atoms with E-state index in [2.05, 4.69) is 10.3 Å². The van der Waals surface area contributed by atoms with Crippen molar-refractivity contribution >= 4 is 22.7 Å². The van der Waals surface area contributed by atoms with Gasteiger partial charge in [0.25, 0.3) is 5.69 Å². The van der Waals surface area contributed by atoms with Crippen LogP contribution in [0.4, 0.5) is 11.4 Å². The smallest absolute Gasteiger partial charge is 0.296 e. The summed E-state index contributed by atoms with van der Waals surface area (Å²) in [5.41, 5.74) is 0.501. The van der Waals surface area contributed by atoms with E-state index in [0.717, 1.165) is 11.4 Å². The number of aromatic nitrogens is 1. The zero-order valence-electron chi connectivity index (χ0n) is 10.3. The van der Waals surface area contributed by atoms with Crippen molar-refractivity contribution in [3.05, 3.63) is 44.9 Å². The molecule has 0 amide bonds. The Kier molecular flexibility index (Phi) is 4.30. The predicted octanol–water partition coefficient (Wildman–Crippen LogP) is 2.71. The molecule has 0 saturated carbocycles. The molecule has 7 heteroatoms. The lowest BCUT2D eigenvalue weighted by atomic mass is 10.2. The van der Waals surface area contributed by atoms with Crippen LogP contribution in [0.5, 0.6) is 5.75 Å². The second-order valence-electron chi connectivity index (χ2n) is 3.74. The van der Waals surface area contributed by atoms with Crippen LogP contribution >= 0.6 is 11.3 Å². The van der Waals surface area contributed by atoms with E-state index in [4.69, 9.17) is 4.74 Å². The Morgan fingerprint density at radius 2 is 2.37 bits per heavy atom. The van der Waals surface area contributed by atoms with Gasteiger partial charge in [0.1, 0.15) is 11.4 Å². The molecule has 0 spiro atoms. The first kappa shape index (κ1) is 13.3. The van der Waals surface area contributed by atoms with Crippen molar-refractivity contribution in [3.8, 4) is 5.75 Å². The van der Waals surface area contributed by atoms with E-state index in [-0.39, 0.29) is 5.69 Å². The molecule has 2 rings (SSSR count). The first-order valence-electron chi connectivity index (χ1n) is 5.65. The molecule has 0 aliphatic heterocycles. The second kappa shape index (κ2) is 6.14. The Labute approximate surface area is 114 Å². The predicted molar refractivity (Wildman–Crippen MR) is 74.0 cm³/mol. The maximum Gasteiger partial charge on any atom is 0.296 e. The lowest BCUT2D eigenvalue weighted by Gasteiger charge is -2.07. The number of nitrogens with one attached hydrogen (secondary N) is 1. The zero-order chi connectivity index (χ0) is 13.7. The van der Waals surface area contributed by atoms with Crippen molar-refractivity contribution in [3.63, 3.8) is 0 Å². The highest BCUT2D eigenvalue weighted by Gasteiger charge is 2.14. The van der Waals surface area contributed by atoms with Crippen LogP contribution < -0.4 is 10.1 Å². The quantitative estimate of drug-likeness (QED) is 0.649. The lowest BCUT2D eigenvalue weighted by Crippen LogP contribution is -2.06. The highest BCUT2D eigenvalue weighted by atomic mass is 32.1. The maximum atomic E-state index is 11.0. The minimum atomic E-state index is -0.422. The van der Waals surface area contributed by atoms with Crippen LogP contribution in [0.3, 0.4) is 0 Å². The van der Waals surface area contributed by atoms with Crippen LogP contribution in [-0.2, 0) is 6.42 Å². The zero-order valence-corrected chi connectivity index (χ0v) is 11.1. The minimum absolute atomic E-state index is 0.0125. The van der Waals surface area contributed by atoms with Crippen LogP contribution in [0.1, 0.15) is 5.01 Å². The number of nitro groups is 1. The van der Waals surface area contributed by atoms with Gasteiger partial charge in [-0.1, -0.05) is 0 Å². The summed E-state index contributed by atoms with van der Waals surface area (Å²) in [4.78, 5) is 14.7. The van der Waals surface area contributed by atoms with Crippen molar-refractivity contribution in [1.29, 1.82) is 0 Å². The molecule has 1 N–H and O–H groups in total. The first-order valence-corrected chi connectivity index (χ1v) is 6.53. The average Bonchev–Trinajstić information content (AvgIpc) is 2.92. The second-order valence-corrected chi connectivity index (χ2v) is 4.72. The fraction of sp³-hybridized carbons (Fsp3) is 0.250. The fourth-order valence-electron chi connectivity index (χ4n) is 1.62.